The first kappa shape index (κ1) is 41.4. The number of hydrogen-bond donors (Lipinski definition) is 0. The Kier molecular flexibility index (Phi) is 24.4. The first-order chi connectivity index (χ1) is 22.5. The van der Waals surface area contributed by atoms with E-state index in [1.165, 1.54) is 154 Å². The highest BCUT2D eigenvalue weighted by atomic mass is 35.5. The molecule has 0 aromatic carbocycles. The zero-order chi connectivity index (χ0) is 33.2. The molecule has 46 heavy (non-hydrogen) atoms. The molecule has 0 N–H and O–H groups in total. The summed E-state index contributed by atoms with van der Waals surface area (Å²) in [5.41, 5.74) is 0.229. The predicted octanol–water partition coefficient (Wildman–Crippen LogP) is 13.2. The summed E-state index contributed by atoms with van der Waals surface area (Å²) >= 11 is 13.7. The zero-order valence-electron chi connectivity index (χ0n) is 31.0. The predicted molar refractivity (Wildman–Crippen MR) is 205 cm³/mol. The largest absolute Gasteiger partial charge is 0.356 e. The minimum Gasteiger partial charge on any atom is -0.356 e. The molecule has 0 amide bonds. The molecule has 0 aliphatic carbocycles. The molecule has 0 bridgehead atoms. The lowest BCUT2D eigenvalue weighted by atomic mass is 10.1. The van der Waals surface area contributed by atoms with Crippen molar-refractivity contribution in [2.45, 2.75) is 218 Å². The summed E-state index contributed by atoms with van der Waals surface area (Å²) in [5, 5.41) is 0. The van der Waals surface area contributed by atoms with Gasteiger partial charge in [-0.05, 0) is 39.5 Å². The minimum absolute atomic E-state index is 0.115. The van der Waals surface area contributed by atoms with Crippen molar-refractivity contribution < 1.29 is 0 Å². The van der Waals surface area contributed by atoms with E-state index in [4.69, 9.17) is 23.2 Å². The summed E-state index contributed by atoms with van der Waals surface area (Å²) in [7, 11) is 0. The van der Waals surface area contributed by atoms with Crippen LogP contribution >= 0.6 is 23.2 Å². The van der Waals surface area contributed by atoms with Crippen LogP contribution in [0.2, 0.25) is 0 Å². The van der Waals surface area contributed by atoms with E-state index in [2.05, 4.69) is 72.1 Å². The Morgan fingerprint density at radius 1 is 0.413 bits per heavy atom. The Bertz CT molecular complexity index is 700. The summed E-state index contributed by atoms with van der Waals surface area (Å²) in [4.78, 5) is 9.69. The molecule has 0 saturated carbocycles. The highest BCUT2D eigenvalue weighted by Gasteiger charge is 2.27. The lowest BCUT2D eigenvalue weighted by molar-refractivity contribution is 0.151. The van der Waals surface area contributed by atoms with Gasteiger partial charge in [0.15, 0.2) is 0 Å². The van der Waals surface area contributed by atoms with Crippen LogP contribution < -0.4 is 0 Å². The van der Waals surface area contributed by atoms with Crippen LogP contribution in [0.4, 0.5) is 0 Å². The highest BCUT2D eigenvalue weighted by Crippen LogP contribution is 2.26. The van der Waals surface area contributed by atoms with Crippen LogP contribution in [0.3, 0.4) is 0 Å². The van der Waals surface area contributed by atoms with Crippen molar-refractivity contribution in [2.24, 2.45) is 0 Å². The van der Waals surface area contributed by atoms with Crippen molar-refractivity contribution in [3.63, 3.8) is 0 Å². The van der Waals surface area contributed by atoms with E-state index >= 15 is 0 Å². The molecule has 0 aromatic rings. The molecule has 4 atom stereocenters. The molecule has 2 rings (SSSR count). The van der Waals surface area contributed by atoms with Crippen LogP contribution in [0.25, 0.3) is 0 Å². The minimum atomic E-state index is 0.115. The number of rotatable bonds is 31. The third-order valence-electron chi connectivity index (χ3n) is 10.5. The molecule has 0 aromatic heterocycles. The van der Waals surface area contributed by atoms with Gasteiger partial charge in [0.25, 0.3) is 0 Å². The topological polar surface area (TPSA) is 13.0 Å². The van der Waals surface area contributed by atoms with E-state index < -0.39 is 0 Å². The summed E-state index contributed by atoms with van der Waals surface area (Å²) in [6, 6.07) is 0. The van der Waals surface area contributed by atoms with E-state index in [0.717, 1.165) is 25.9 Å². The molecule has 0 fully saturated rings. The molecule has 2 aliphatic heterocycles. The number of unbranched alkanes of at least 4 members (excludes halogenated alkanes) is 21. The molecule has 6 heteroatoms. The molecule has 2 aliphatic rings. The second kappa shape index (κ2) is 27.1. The van der Waals surface area contributed by atoms with Gasteiger partial charge in [0.2, 0.25) is 0 Å². The van der Waals surface area contributed by atoms with Gasteiger partial charge in [-0.1, -0.05) is 178 Å². The average Bonchev–Trinajstić information content (AvgIpc) is 3.61. The molecule has 270 valence electrons. The van der Waals surface area contributed by atoms with E-state index in [1.807, 2.05) is 0 Å². The van der Waals surface area contributed by atoms with Gasteiger partial charge in [-0.2, -0.15) is 0 Å². The smallest absolute Gasteiger partial charge is 0.105 e. The third-order valence-corrected chi connectivity index (χ3v) is 11.4. The third kappa shape index (κ3) is 17.6. The fourth-order valence-corrected chi connectivity index (χ4v) is 7.95. The molecular formula is C40H76Cl2N4. The van der Waals surface area contributed by atoms with E-state index in [-0.39, 0.29) is 11.0 Å². The van der Waals surface area contributed by atoms with Gasteiger partial charge >= 0.3 is 0 Å². The van der Waals surface area contributed by atoms with Crippen LogP contribution in [0.1, 0.15) is 195 Å². The van der Waals surface area contributed by atoms with Crippen molar-refractivity contribution in [3.05, 3.63) is 24.8 Å². The van der Waals surface area contributed by atoms with Crippen LogP contribution in [-0.4, -0.2) is 56.0 Å². The Hall–Kier alpha value is -0.740. The van der Waals surface area contributed by atoms with E-state index in [1.54, 1.807) is 0 Å². The van der Waals surface area contributed by atoms with Gasteiger partial charge in [0.1, 0.15) is 11.0 Å². The fourth-order valence-electron chi connectivity index (χ4n) is 7.18. The van der Waals surface area contributed by atoms with Gasteiger partial charge < -0.3 is 19.6 Å². The maximum absolute atomic E-state index is 6.86. The quantitative estimate of drug-likeness (QED) is 0.0410. The molecule has 2 heterocycles. The van der Waals surface area contributed by atoms with Gasteiger partial charge in [-0.3, -0.25) is 0 Å². The number of hydrogen-bond acceptors (Lipinski definition) is 4. The lowest BCUT2D eigenvalue weighted by Gasteiger charge is -2.33. The number of nitrogens with zero attached hydrogens (tertiary/aromatic N) is 4. The van der Waals surface area contributed by atoms with Gasteiger partial charge in [0, 0.05) is 37.9 Å². The molecule has 4 unspecified atom stereocenters. The van der Waals surface area contributed by atoms with E-state index in [9.17, 15) is 0 Å². The van der Waals surface area contributed by atoms with Crippen molar-refractivity contribution in [1.82, 2.24) is 19.6 Å². The average molecular weight is 684 g/mol. The summed E-state index contributed by atoms with van der Waals surface area (Å²) < 4.78 is 0. The van der Waals surface area contributed by atoms with Crippen LogP contribution in [0.5, 0.6) is 0 Å². The lowest BCUT2D eigenvalue weighted by Crippen LogP contribution is -2.40. The summed E-state index contributed by atoms with van der Waals surface area (Å²) in [6.07, 6.45) is 44.4. The molecular weight excluding hydrogens is 607 g/mol. The first-order valence-corrected chi connectivity index (χ1v) is 21.1. The Balaban J connectivity index is 1.40. The maximum Gasteiger partial charge on any atom is 0.105 e. The van der Waals surface area contributed by atoms with Crippen LogP contribution in [0, 0.1) is 0 Å². The number of halogens is 2. The normalized spacial score (nSPS) is 19.3. The number of alkyl halides is 2. The maximum atomic E-state index is 6.86. The second-order valence-electron chi connectivity index (χ2n) is 14.5. The molecule has 0 spiro atoms. The zero-order valence-corrected chi connectivity index (χ0v) is 32.5. The van der Waals surface area contributed by atoms with Gasteiger partial charge in [-0.15, -0.1) is 0 Å². The molecule has 0 saturated heterocycles. The second-order valence-corrected chi connectivity index (χ2v) is 15.5. The van der Waals surface area contributed by atoms with Crippen molar-refractivity contribution in [2.75, 3.05) is 13.1 Å². The van der Waals surface area contributed by atoms with Crippen molar-refractivity contribution in [1.29, 1.82) is 0 Å². The summed E-state index contributed by atoms with van der Waals surface area (Å²) in [6.45, 7) is 11.5. The van der Waals surface area contributed by atoms with Crippen molar-refractivity contribution in [3.8, 4) is 0 Å². The first-order valence-electron chi connectivity index (χ1n) is 20.2. The van der Waals surface area contributed by atoms with Crippen LogP contribution in [-0.2, 0) is 0 Å². The Morgan fingerprint density at radius 3 is 1.02 bits per heavy atom. The summed E-state index contributed by atoms with van der Waals surface area (Å²) in [5.74, 6) is 0. The standard InChI is InChI=1S/C40H76Cl2N4/c1-5-7-9-11-13-19-23-27-31-43-33-35-45(37(43)3)39(41)29-25-21-17-15-16-18-22-26-30-40(42)46-36-34-44(38(46)4)32-28-24-20-14-12-10-8-6-2/h33-40H,5-32H2,1-4H3. The van der Waals surface area contributed by atoms with Crippen molar-refractivity contribution >= 4 is 23.2 Å². The Labute approximate surface area is 297 Å². The Morgan fingerprint density at radius 2 is 0.696 bits per heavy atom. The SMILES string of the molecule is CCCCCCCCCCN1C=CN(C(Cl)CCCCCCCCCCC(Cl)N2C=CN(CCCCCCCCCC)C2C)C1C. The van der Waals surface area contributed by atoms with E-state index in [0.29, 0.717) is 12.3 Å². The highest BCUT2D eigenvalue weighted by molar-refractivity contribution is 6.20. The van der Waals surface area contributed by atoms with Crippen LogP contribution in [0.15, 0.2) is 24.8 Å². The fraction of sp³-hybridized carbons (Fsp3) is 0.900. The monoisotopic (exact) mass is 683 g/mol. The molecule has 4 nitrogen and oxygen atoms in total. The van der Waals surface area contributed by atoms with Gasteiger partial charge in [-0.25, -0.2) is 0 Å². The molecule has 0 radical (unpaired) electrons. The van der Waals surface area contributed by atoms with Gasteiger partial charge in [0.05, 0.1) is 12.3 Å².